The SMILES string of the molecule is Cc1cc2c(cn1)COc1cc(OC[C@H](N)CC(C)C)ccc1-2. The van der Waals surface area contributed by atoms with E-state index in [0.717, 1.165) is 34.7 Å². The summed E-state index contributed by atoms with van der Waals surface area (Å²) in [6.07, 6.45) is 2.85. The van der Waals surface area contributed by atoms with Crippen molar-refractivity contribution in [2.24, 2.45) is 11.7 Å². The molecule has 1 aliphatic heterocycles. The van der Waals surface area contributed by atoms with E-state index in [1.165, 1.54) is 5.56 Å². The second kappa shape index (κ2) is 6.59. The molecule has 0 aliphatic carbocycles. The van der Waals surface area contributed by atoms with Crippen LogP contribution in [0.15, 0.2) is 30.5 Å². The average Bonchev–Trinajstić information content (AvgIpc) is 2.51. The van der Waals surface area contributed by atoms with Crippen LogP contribution in [0.25, 0.3) is 11.1 Å². The van der Waals surface area contributed by atoms with Crippen molar-refractivity contribution in [3.63, 3.8) is 0 Å². The van der Waals surface area contributed by atoms with Gasteiger partial charge in [-0.15, -0.1) is 0 Å². The molecule has 0 fully saturated rings. The van der Waals surface area contributed by atoms with Crippen LogP contribution in [0.1, 0.15) is 31.5 Å². The zero-order valence-corrected chi connectivity index (χ0v) is 14.0. The first kappa shape index (κ1) is 15.8. The molecule has 2 heterocycles. The summed E-state index contributed by atoms with van der Waals surface area (Å²) in [7, 11) is 0. The summed E-state index contributed by atoms with van der Waals surface area (Å²) in [5, 5.41) is 0. The van der Waals surface area contributed by atoms with Crippen LogP contribution in [0.5, 0.6) is 11.5 Å². The van der Waals surface area contributed by atoms with Crippen molar-refractivity contribution in [3.8, 4) is 22.6 Å². The van der Waals surface area contributed by atoms with Gasteiger partial charge >= 0.3 is 0 Å². The lowest BCUT2D eigenvalue weighted by Crippen LogP contribution is -2.29. The van der Waals surface area contributed by atoms with Crippen LogP contribution in [-0.2, 0) is 6.61 Å². The maximum atomic E-state index is 6.08. The summed E-state index contributed by atoms with van der Waals surface area (Å²) < 4.78 is 11.7. The average molecular weight is 312 g/mol. The van der Waals surface area contributed by atoms with Gasteiger partial charge in [0.15, 0.2) is 0 Å². The summed E-state index contributed by atoms with van der Waals surface area (Å²) in [5.74, 6) is 2.24. The Hall–Kier alpha value is -2.07. The number of hydrogen-bond donors (Lipinski definition) is 1. The zero-order valence-electron chi connectivity index (χ0n) is 14.0. The molecule has 0 radical (unpaired) electrons. The molecule has 4 heteroatoms. The standard InChI is InChI=1S/C19H24N2O2/c1-12(2)6-15(20)11-22-16-4-5-17-18-7-13(3)21-9-14(18)10-23-19(17)8-16/h4-5,7-9,12,15H,6,10-11,20H2,1-3H3/t15-/m1/s1. The first-order valence-electron chi connectivity index (χ1n) is 8.14. The Morgan fingerprint density at radius 1 is 1.26 bits per heavy atom. The lowest BCUT2D eigenvalue weighted by atomic mass is 9.98. The summed E-state index contributed by atoms with van der Waals surface area (Å²) in [6.45, 7) is 7.41. The highest BCUT2D eigenvalue weighted by Crippen LogP contribution is 2.39. The van der Waals surface area contributed by atoms with Crippen molar-refractivity contribution in [3.05, 3.63) is 41.7 Å². The van der Waals surface area contributed by atoms with Crippen molar-refractivity contribution >= 4 is 0 Å². The Morgan fingerprint density at radius 3 is 2.87 bits per heavy atom. The van der Waals surface area contributed by atoms with Crippen molar-refractivity contribution in [2.75, 3.05) is 6.61 Å². The molecule has 1 aromatic heterocycles. The molecule has 4 nitrogen and oxygen atoms in total. The maximum Gasteiger partial charge on any atom is 0.131 e. The van der Waals surface area contributed by atoms with Gasteiger partial charge < -0.3 is 15.2 Å². The number of benzene rings is 1. The molecule has 0 saturated carbocycles. The molecular weight excluding hydrogens is 288 g/mol. The molecule has 0 unspecified atom stereocenters. The number of pyridine rings is 1. The summed E-state index contributed by atoms with van der Waals surface area (Å²) in [4.78, 5) is 4.34. The second-order valence-corrected chi connectivity index (χ2v) is 6.63. The van der Waals surface area contributed by atoms with Crippen LogP contribution < -0.4 is 15.2 Å². The zero-order chi connectivity index (χ0) is 16.4. The van der Waals surface area contributed by atoms with Crippen LogP contribution in [0.4, 0.5) is 0 Å². The van der Waals surface area contributed by atoms with Crippen molar-refractivity contribution < 1.29 is 9.47 Å². The molecule has 1 aromatic carbocycles. The highest BCUT2D eigenvalue weighted by atomic mass is 16.5. The number of nitrogens with two attached hydrogens (primary N) is 1. The number of ether oxygens (including phenoxy) is 2. The molecule has 0 amide bonds. The van der Waals surface area contributed by atoms with Gasteiger partial charge in [-0.3, -0.25) is 4.98 Å². The topological polar surface area (TPSA) is 57.4 Å². The predicted octanol–water partition coefficient (Wildman–Crippen LogP) is 3.70. The van der Waals surface area contributed by atoms with Gasteiger partial charge in [0.25, 0.3) is 0 Å². The number of rotatable bonds is 5. The number of hydrogen-bond acceptors (Lipinski definition) is 4. The molecule has 0 saturated heterocycles. The van der Waals surface area contributed by atoms with E-state index in [1.807, 2.05) is 25.3 Å². The molecule has 122 valence electrons. The molecule has 1 aliphatic rings. The van der Waals surface area contributed by atoms with E-state index in [-0.39, 0.29) is 6.04 Å². The maximum absolute atomic E-state index is 6.08. The lowest BCUT2D eigenvalue weighted by Gasteiger charge is -2.22. The number of aryl methyl sites for hydroxylation is 1. The number of aromatic nitrogens is 1. The first-order chi connectivity index (χ1) is 11.0. The third kappa shape index (κ3) is 3.64. The Balaban J connectivity index is 1.76. The van der Waals surface area contributed by atoms with E-state index in [9.17, 15) is 0 Å². The third-order valence-corrected chi connectivity index (χ3v) is 3.99. The Labute approximate surface area is 137 Å². The van der Waals surface area contributed by atoms with Crippen molar-refractivity contribution in [1.29, 1.82) is 0 Å². The number of nitrogens with zero attached hydrogens (tertiary/aromatic N) is 1. The van der Waals surface area contributed by atoms with Gasteiger partial charge in [-0.25, -0.2) is 0 Å². The summed E-state index contributed by atoms with van der Waals surface area (Å²) >= 11 is 0. The van der Waals surface area contributed by atoms with Crippen LogP contribution in [0, 0.1) is 12.8 Å². The van der Waals surface area contributed by atoms with Gasteiger partial charge in [0.05, 0.1) is 0 Å². The van der Waals surface area contributed by atoms with Crippen LogP contribution in [0.2, 0.25) is 0 Å². The molecular formula is C19H24N2O2. The fraction of sp³-hybridized carbons (Fsp3) is 0.421. The molecule has 0 spiro atoms. The highest BCUT2D eigenvalue weighted by molar-refractivity contribution is 5.75. The molecule has 2 N–H and O–H groups in total. The van der Waals surface area contributed by atoms with Crippen LogP contribution >= 0.6 is 0 Å². The highest BCUT2D eigenvalue weighted by Gasteiger charge is 2.18. The largest absolute Gasteiger partial charge is 0.492 e. The van der Waals surface area contributed by atoms with E-state index >= 15 is 0 Å². The Morgan fingerprint density at radius 2 is 2.09 bits per heavy atom. The van der Waals surface area contributed by atoms with E-state index in [4.69, 9.17) is 15.2 Å². The fourth-order valence-corrected chi connectivity index (χ4v) is 2.92. The number of fused-ring (bicyclic) bond motifs is 3. The Kier molecular flexibility index (Phi) is 4.53. The normalized spacial score (nSPS) is 14.0. The summed E-state index contributed by atoms with van der Waals surface area (Å²) in [6, 6.07) is 8.15. The van der Waals surface area contributed by atoms with E-state index in [2.05, 4.69) is 31.0 Å². The molecule has 23 heavy (non-hydrogen) atoms. The lowest BCUT2D eigenvalue weighted by molar-refractivity contribution is 0.265. The summed E-state index contributed by atoms with van der Waals surface area (Å²) in [5.41, 5.74) is 10.5. The van der Waals surface area contributed by atoms with Gasteiger partial charge in [-0.05, 0) is 43.0 Å². The van der Waals surface area contributed by atoms with Crippen molar-refractivity contribution in [1.82, 2.24) is 4.98 Å². The first-order valence-corrected chi connectivity index (χ1v) is 8.14. The van der Waals surface area contributed by atoms with E-state index < -0.39 is 0 Å². The molecule has 0 bridgehead atoms. The quantitative estimate of drug-likeness (QED) is 0.914. The van der Waals surface area contributed by atoms with Gasteiger partial charge in [-0.2, -0.15) is 0 Å². The fourth-order valence-electron chi connectivity index (χ4n) is 2.92. The Bertz CT molecular complexity index is 698. The minimum Gasteiger partial charge on any atom is -0.492 e. The minimum atomic E-state index is 0.0569. The molecule has 1 atom stereocenters. The van der Waals surface area contributed by atoms with Gasteiger partial charge in [0, 0.05) is 35.1 Å². The van der Waals surface area contributed by atoms with Crippen LogP contribution in [-0.4, -0.2) is 17.6 Å². The van der Waals surface area contributed by atoms with Crippen LogP contribution in [0.3, 0.4) is 0 Å². The van der Waals surface area contributed by atoms with Gasteiger partial charge in [0.1, 0.15) is 24.7 Å². The second-order valence-electron chi connectivity index (χ2n) is 6.63. The van der Waals surface area contributed by atoms with E-state index in [0.29, 0.717) is 19.1 Å². The molecule has 2 aromatic rings. The van der Waals surface area contributed by atoms with Crippen molar-refractivity contribution in [2.45, 2.75) is 39.8 Å². The van der Waals surface area contributed by atoms with Gasteiger partial charge in [0.2, 0.25) is 0 Å². The molecule has 3 rings (SSSR count). The monoisotopic (exact) mass is 312 g/mol. The third-order valence-electron chi connectivity index (χ3n) is 3.99. The smallest absolute Gasteiger partial charge is 0.131 e. The van der Waals surface area contributed by atoms with E-state index in [1.54, 1.807) is 0 Å². The minimum absolute atomic E-state index is 0.0569. The van der Waals surface area contributed by atoms with Gasteiger partial charge in [-0.1, -0.05) is 13.8 Å². The predicted molar refractivity (Wildman–Crippen MR) is 91.7 cm³/mol.